The van der Waals surface area contributed by atoms with Gasteiger partial charge in [0.2, 0.25) is 0 Å². The number of ether oxygens (including phenoxy) is 2. The normalized spacial score (nSPS) is 24.6. The summed E-state index contributed by atoms with van der Waals surface area (Å²) in [6.45, 7) is 14.0. The highest BCUT2D eigenvalue weighted by atomic mass is 32.2. The topological polar surface area (TPSA) is 84.3 Å². The Bertz CT molecular complexity index is 851. The van der Waals surface area contributed by atoms with Crippen LogP contribution in [0.4, 0.5) is 5.82 Å². The fourth-order valence-electron chi connectivity index (χ4n) is 3.81. The molecule has 0 bridgehead atoms. The quantitative estimate of drug-likeness (QED) is 0.734. The summed E-state index contributed by atoms with van der Waals surface area (Å²) in [5, 5.41) is -0.808. The third-order valence-electron chi connectivity index (χ3n) is 5.64. The predicted octanol–water partition coefficient (Wildman–Crippen LogP) is 2.05. The first-order valence-corrected chi connectivity index (χ1v) is 11.4. The van der Waals surface area contributed by atoms with Crippen LogP contribution in [-0.2, 0) is 25.9 Å². The minimum absolute atomic E-state index is 0.175. The van der Waals surface area contributed by atoms with Crippen LogP contribution in [0.2, 0.25) is 0 Å². The van der Waals surface area contributed by atoms with Crippen molar-refractivity contribution in [1.29, 1.82) is 0 Å². The molecule has 1 atom stereocenters. The number of methoxy groups -OCH3 is 1. The van der Waals surface area contributed by atoms with Crippen LogP contribution in [0.3, 0.4) is 0 Å². The van der Waals surface area contributed by atoms with Gasteiger partial charge in [-0.25, -0.2) is 13.4 Å². The molecule has 3 heterocycles. The van der Waals surface area contributed by atoms with Crippen molar-refractivity contribution in [3.63, 3.8) is 0 Å². The number of piperazine rings is 1. The molecule has 0 saturated carbocycles. The first kappa shape index (κ1) is 21.8. The Kier molecular flexibility index (Phi) is 5.84. The monoisotopic (exact) mass is 424 g/mol. The second kappa shape index (κ2) is 7.75. The van der Waals surface area contributed by atoms with Gasteiger partial charge in [0.1, 0.15) is 16.7 Å². The van der Waals surface area contributed by atoms with Crippen LogP contribution in [0, 0.1) is 0 Å². The van der Waals surface area contributed by atoms with Crippen molar-refractivity contribution in [3.05, 3.63) is 23.9 Å². The van der Waals surface area contributed by atoms with Crippen LogP contribution in [-0.4, -0.2) is 74.1 Å². The molecule has 1 aromatic heterocycles. The van der Waals surface area contributed by atoms with E-state index < -0.39 is 20.9 Å². The van der Waals surface area contributed by atoms with Gasteiger partial charge < -0.3 is 14.4 Å². The molecule has 1 unspecified atom stereocenters. The molecule has 29 heavy (non-hydrogen) atoms. The van der Waals surface area contributed by atoms with Gasteiger partial charge in [0.15, 0.2) is 0 Å². The molecule has 0 amide bonds. The lowest BCUT2D eigenvalue weighted by Crippen LogP contribution is -2.53. The van der Waals surface area contributed by atoms with E-state index in [1.54, 1.807) is 20.0 Å². The molecule has 0 radical (unpaired) electrons. The van der Waals surface area contributed by atoms with Crippen molar-refractivity contribution in [1.82, 2.24) is 9.88 Å². The average molecular weight is 425 g/mol. The summed E-state index contributed by atoms with van der Waals surface area (Å²) in [7, 11) is -2.41. The second-order valence-electron chi connectivity index (χ2n) is 9.14. The van der Waals surface area contributed by atoms with Crippen molar-refractivity contribution in [2.24, 2.45) is 4.40 Å². The van der Waals surface area contributed by atoms with E-state index in [4.69, 9.17) is 9.47 Å². The fraction of sp³-hybridized carbons (Fsp3) is 0.700. The molecule has 3 rings (SSSR count). The number of hydrogen-bond donors (Lipinski definition) is 0. The van der Waals surface area contributed by atoms with E-state index in [1.807, 2.05) is 12.1 Å². The molecular formula is C20H32N4O4S. The van der Waals surface area contributed by atoms with Crippen LogP contribution in [0.25, 0.3) is 0 Å². The molecular weight excluding hydrogens is 392 g/mol. The predicted molar refractivity (Wildman–Crippen MR) is 114 cm³/mol. The number of anilines is 1. The Morgan fingerprint density at radius 3 is 2.34 bits per heavy atom. The van der Waals surface area contributed by atoms with Crippen LogP contribution in [0.15, 0.2) is 22.7 Å². The lowest BCUT2D eigenvalue weighted by molar-refractivity contribution is 0.0445. The molecule has 2 aliphatic rings. The van der Waals surface area contributed by atoms with Crippen molar-refractivity contribution < 1.29 is 17.9 Å². The molecule has 1 fully saturated rings. The van der Waals surface area contributed by atoms with Gasteiger partial charge in [-0.1, -0.05) is 10.5 Å². The lowest BCUT2D eigenvalue weighted by Gasteiger charge is -2.42. The summed E-state index contributed by atoms with van der Waals surface area (Å²) in [6.07, 6.45) is 1.82. The first-order valence-electron chi connectivity index (χ1n) is 9.94. The van der Waals surface area contributed by atoms with E-state index in [1.165, 1.54) is 7.11 Å². The van der Waals surface area contributed by atoms with E-state index in [0.29, 0.717) is 0 Å². The summed E-state index contributed by atoms with van der Waals surface area (Å²) in [4.78, 5) is 9.34. The smallest absolute Gasteiger partial charge is 0.399 e. The maximum atomic E-state index is 12.6. The number of nitrogens with zero attached hydrogens (tertiary/aromatic N) is 4. The zero-order chi connectivity index (χ0) is 21.4. The van der Waals surface area contributed by atoms with Gasteiger partial charge >= 0.3 is 6.08 Å². The third kappa shape index (κ3) is 4.83. The second-order valence-corrected chi connectivity index (χ2v) is 10.9. The molecule has 0 aromatic carbocycles. The van der Waals surface area contributed by atoms with Gasteiger partial charge in [-0.2, -0.15) is 0 Å². The maximum absolute atomic E-state index is 12.6. The van der Waals surface area contributed by atoms with E-state index >= 15 is 0 Å². The molecule has 1 aromatic rings. The van der Waals surface area contributed by atoms with Crippen LogP contribution < -0.4 is 4.90 Å². The highest BCUT2D eigenvalue weighted by Crippen LogP contribution is 2.31. The summed E-state index contributed by atoms with van der Waals surface area (Å²) in [6, 6.07) is 3.91. The molecule has 1 saturated heterocycles. The fourth-order valence-corrected chi connectivity index (χ4v) is 5.43. The third-order valence-corrected chi connectivity index (χ3v) is 7.50. The van der Waals surface area contributed by atoms with Gasteiger partial charge in [0, 0.05) is 37.9 Å². The number of hydrogen-bond acceptors (Lipinski definition) is 7. The van der Waals surface area contributed by atoms with Crippen LogP contribution >= 0.6 is 0 Å². The van der Waals surface area contributed by atoms with Crippen molar-refractivity contribution in [2.75, 3.05) is 38.2 Å². The summed E-state index contributed by atoms with van der Waals surface area (Å²) >= 11 is 0. The minimum Gasteiger partial charge on any atom is -0.453 e. The van der Waals surface area contributed by atoms with Gasteiger partial charge in [-0.15, -0.1) is 0 Å². The molecule has 8 nitrogen and oxygen atoms in total. The van der Waals surface area contributed by atoms with Gasteiger partial charge in [0.05, 0.1) is 7.11 Å². The van der Waals surface area contributed by atoms with Crippen molar-refractivity contribution >= 4 is 21.9 Å². The van der Waals surface area contributed by atoms with E-state index in [2.05, 4.69) is 40.0 Å². The van der Waals surface area contributed by atoms with Crippen LogP contribution in [0.1, 0.15) is 40.2 Å². The molecule has 0 N–H and O–H groups in total. The molecule has 9 heteroatoms. The summed E-state index contributed by atoms with van der Waals surface area (Å²) < 4.78 is 39.4. The first-order chi connectivity index (χ1) is 13.4. The number of aromatic nitrogens is 1. The highest BCUT2D eigenvalue weighted by Gasteiger charge is 2.46. The number of rotatable bonds is 3. The lowest BCUT2D eigenvalue weighted by atomic mass is 9.98. The van der Waals surface area contributed by atoms with Gasteiger partial charge in [-0.05, 0) is 52.7 Å². The SMILES string of the molecule is COC1=NS(=O)(=O)C(Cc2ccc(N3CCN(C(C)(C)C)CC3)nc2)C(C)(C)O1. The molecule has 0 spiro atoms. The zero-order valence-electron chi connectivity index (χ0n) is 18.2. The molecule has 162 valence electrons. The Morgan fingerprint density at radius 2 is 1.86 bits per heavy atom. The average Bonchev–Trinajstić information content (AvgIpc) is 2.64. The number of pyridine rings is 1. The zero-order valence-corrected chi connectivity index (χ0v) is 19.0. The van der Waals surface area contributed by atoms with Gasteiger partial charge in [-0.3, -0.25) is 4.90 Å². The summed E-state index contributed by atoms with van der Waals surface area (Å²) in [5.41, 5.74) is 0.0615. The summed E-state index contributed by atoms with van der Waals surface area (Å²) in [5.74, 6) is 0.920. The standard InChI is InChI=1S/C20H32N4O4S/c1-19(2,3)24-11-9-23(10-12-24)17-8-7-15(14-21-17)13-16-20(4,5)28-18(27-6)22-29(16,25)26/h7-8,14,16H,9-13H2,1-6H3. The number of sulfonamides is 1. The maximum Gasteiger partial charge on any atom is 0.399 e. The Balaban J connectivity index is 1.69. The van der Waals surface area contributed by atoms with E-state index in [0.717, 1.165) is 37.6 Å². The van der Waals surface area contributed by atoms with Gasteiger partial charge in [0.25, 0.3) is 10.0 Å². The Morgan fingerprint density at radius 1 is 1.21 bits per heavy atom. The van der Waals surface area contributed by atoms with E-state index in [-0.39, 0.29) is 18.0 Å². The van der Waals surface area contributed by atoms with Crippen molar-refractivity contribution in [2.45, 2.75) is 57.4 Å². The molecule has 0 aliphatic carbocycles. The Hall–Kier alpha value is -1.87. The largest absolute Gasteiger partial charge is 0.453 e. The van der Waals surface area contributed by atoms with E-state index in [9.17, 15) is 8.42 Å². The van der Waals surface area contributed by atoms with Crippen LogP contribution in [0.5, 0.6) is 0 Å². The highest BCUT2D eigenvalue weighted by molar-refractivity contribution is 7.91. The Labute approximate surface area is 174 Å². The van der Waals surface area contributed by atoms with Crippen molar-refractivity contribution in [3.8, 4) is 0 Å². The minimum atomic E-state index is -3.75. The molecule has 2 aliphatic heterocycles.